The van der Waals surface area contributed by atoms with E-state index in [0.717, 1.165) is 50.5 Å². The second-order valence-electron chi connectivity index (χ2n) is 8.97. The lowest BCUT2D eigenvalue weighted by molar-refractivity contribution is -0.385. The number of amides is 2. The molecule has 194 valence electrons. The number of carbonyl (C=O) groups is 4. The van der Waals surface area contributed by atoms with Gasteiger partial charge in [-0.05, 0) is 51.2 Å². The van der Waals surface area contributed by atoms with Crippen LogP contribution in [0.25, 0.3) is 0 Å². The molecule has 1 rings (SSSR count). The number of hydrogen-bond donors (Lipinski definition) is 2. The van der Waals surface area contributed by atoms with Gasteiger partial charge in [-0.3, -0.25) is 24.5 Å². The lowest BCUT2D eigenvalue weighted by Crippen LogP contribution is -2.24. The van der Waals surface area contributed by atoms with Crippen LogP contribution >= 0.6 is 0 Å². The molecule has 9 heteroatoms. The fourth-order valence-corrected chi connectivity index (χ4v) is 3.63. The summed E-state index contributed by atoms with van der Waals surface area (Å²) in [6, 6.07) is 4.81. The molecule has 0 saturated carbocycles. The van der Waals surface area contributed by atoms with E-state index >= 15 is 0 Å². The van der Waals surface area contributed by atoms with Gasteiger partial charge in [0.05, 0.1) is 4.92 Å². The standard InChI is InChI=1S/C26H39N3O6/c1-20-18-22(14-16-24(20)29(34)35)19-28-26(33)12-8-5-9-17-27-25(32)11-7-4-3-6-10-23(31)15-13-21(2)30/h14,16,18H,3-13,15,17,19H2,1-2H3,(H,27,32)(H,28,33). The number of nitrogens with zero attached hydrogens (tertiary/aromatic N) is 1. The molecule has 0 radical (unpaired) electrons. The minimum atomic E-state index is -0.423. The van der Waals surface area contributed by atoms with E-state index in [2.05, 4.69) is 10.6 Å². The molecule has 0 heterocycles. The van der Waals surface area contributed by atoms with Crippen LogP contribution in [0.2, 0.25) is 0 Å². The Labute approximate surface area is 207 Å². The van der Waals surface area contributed by atoms with Gasteiger partial charge in [0, 0.05) is 56.8 Å². The molecule has 0 atom stereocenters. The largest absolute Gasteiger partial charge is 0.356 e. The molecule has 35 heavy (non-hydrogen) atoms. The quantitative estimate of drug-likeness (QED) is 0.167. The smallest absolute Gasteiger partial charge is 0.272 e. The van der Waals surface area contributed by atoms with E-state index < -0.39 is 4.92 Å². The van der Waals surface area contributed by atoms with E-state index in [0.29, 0.717) is 50.8 Å². The predicted octanol–water partition coefficient (Wildman–Crippen LogP) is 4.47. The SMILES string of the molecule is CC(=O)CCC(=O)CCCCCCC(=O)NCCCCCC(=O)NCc1ccc([N+](=O)[O-])c(C)c1. The zero-order valence-electron chi connectivity index (χ0n) is 21.0. The van der Waals surface area contributed by atoms with Crippen LogP contribution in [-0.2, 0) is 25.7 Å². The Morgan fingerprint density at radius 2 is 1.40 bits per heavy atom. The monoisotopic (exact) mass is 489 g/mol. The zero-order chi connectivity index (χ0) is 26.1. The van der Waals surface area contributed by atoms with Crippen molar-refractivity contribution in [2.75, 3.05) is 6.54 Å². The van der Waals surface area contributed by atoms with Crippen LogP contribution < -0.4 is 10.6 Å². The summed E-state index contributed by atoms with van der Waals surface area (Å²) in [4.78, 5) is 56.8. The Bertz CT molecular complexity index is 869. The number of nitro groups is 1. The van der Waals surface area contributed by atoms with Crippen molar-refractivity contribution in [3.8, 4) is 0 Å². The highest BCUT2D eigenvalue weighted by atomic mass is 16.6. The van der Waals surface area contributed by atoms with E-state index in [4.69, 9.17) is 0 Å². The lowest BCUT2D eigenvalue weighted by atomic mass is 10.1. The Morgan fingerprint density at radius 3 is 2.00 bits per heavy atom. The molecule has 1 aromatic carbocycles. The Kier molecular flexibility index (Phi) is 14.8. The number of carbonyl (C=O) groups excluding carboxylic acids is 4. The normalized spacial score (nSPS) is 10.6. The first kappa shape index (κ1) is 29.9. The van der Waals surface area contributed by atoms with Crippen molar-refractivity contribution in [1.82, 2.24) is 10.6 Å². The number of unbranched alkanes of at least 4 members (excludes halogenated alkanes) is 5. The molecule has 0 aliphatic carbocycles. The van der Waals surface area contributed by atoms with Crippen LogP contribution in [0.5, 0.6) is 0 Å². The molecule has 0 unspecified atom stereocenters. The van der Waals surface area contributed by atoms with Crippen LogP contribution in [-0.4, -0.2) is 34.8 Å². The maximum absolute atomic E-state index is 12.0. The van der Waals surface area contributed by atoms with E-state index in [1.165, 1.54) is 13.0 Å². The molecular weight excluding hydrogens is 450 g/mol. The van der Waals surface area contributed by atoms with E-state index in [-0.39, 0.29) is 29.1 Å². The number of Topliss-reactive ketones (excluding diaryl/α,β-unsaturated/α-hetero) is 2. The summed E-state index contributed by atoms with van der Waals surface area (Å²) in [5.74, 6) is 0.140. The van der Waals surface area contributed by atoms with Gasteiger partial charge in [-0.15, -0.1) is 0 Å². The van der Waals surface area contributed by atoms with E-state index in [9.17, 15) is 29.3 Å². The highest BCUT2D eigenvalue weighted by molar-refractivity contribution is 5.84. The summed E-state index contributed by atoms with van der Waals surface area (Å²) in [5, 5.41) is 16.6. The maximum atomic E-state index is 12.0. The molecule has 0 aliphatic heterocycles. The number of benzene rings is 1. The average Bonchev–Trinajstić information content (AvgIpc) is 2.80. The van der Waals surface area contributed by atoms with Crippen LogP contribution in [0.15, 0.2) is 18.2 Å². The molecule has 0 aromatic heterocycles. The summed E-state index contributed by atoms with van der Waals surface area (Å²) in [5.41, 5.74) is 1.46. The molecular formula is C26H39N3O6. The van der Waals surface area contributed by atoms with Crippen LogP contribution in [0.1, 0.15) is 95.1 Å². The second-order valence-corrected chi connectivity index (χ2v) is 8.97. The molecule has 0 bridgehead atoms. The van der Waals surface area contributed by atoms with Gasteiger partial charge in [0.15, 0.2) is 0 Å². The van der Waals surface area contributed by atoms with E-state index in [1.807, 2.05) is 0 Å². The van der Waals surface area contributed by atoms with Crippen molar-refractivity contribution in [1.29, 1.82) is 0 Å². The number of aryl methyl sites for hydroxylation is 1. The highest BCUT2D eigenvalue weighted by Crippen LogP contribution is 2.18. The van der Waals surface area contributed by atoms with Crippen molar-refractivity contribution in [3.63, 3.8) is 0 Å². The number of nitro benzene ring substituents is 1. The first-order chi connectivity index (χ1) is 16.7. The first-order valence-electron chi connectivity index (χ1n) is 12.5. The Hall–Kier alpha value is -3.10. The number of hydrogen-bond acceptors (Lipinski definition) is 6. The van der Waals surface area contributed by atoms with Crippen molar-refractivity contribution in [2.45, 2.75) is 97.4 Å². The summed E-state index contributed by atoms with van der Waals surface area (Å²) in [7, 11) is 0. The van der Waals surface area contributed by atoms with Crippen molar-refractivity contribution < 1.29 is 24.1 Å². The average molecular weight is 490 g/mol. The van der Waals surface area contributed by atoms with Gasteiger partial charge >= 0.3 is 0 Å². The molecule has 0 spiro atoms. The summed E-state index contributed by atoms with van der Waals surface area (Å²) in [6.45, 7) is 4.09. The van der Waals surface area contributed by atoms with Gasteiger partial charge in [-0.1, -0.05) is 25.3 Å². The molecule has 1 aromatic rings. The molecule has 0 saturated heterocycles. The van der Waals surface area contributed by atoms with Crippen molar-refractivity contribution >= 4 is 29.1 Å². The molecule has 0 aliphatic rings. The predicted molar refractivity (Wildman–Crippen MR) is 134 cm³/mol. The minimum absolute atomic E-state index is 0.0265. The molecule has 0 fully saturated rings. The minimum Gasteiger partial charge on any atom is -0.356 e. The van der Waals surface area contributed by atoms with Crippen LogP contribution in [0.3, 0.4) is 0 Å². The Morgan fingerprint density at radius 1 is 0.800 bits per heavy atom. The second kappa shape index (κ2) is 17.4. The zero-order valence-corrected chi connectivity index (χ0v) is 21.0. The lowest BCUT2D eigenvalue weighted by Gasteiger charge is -2.07. The highest BCUT2D eigenvalue weighted by Gasteiger charge is 2.10. The first-order valence-corrected chi connectivity index (χ1v) is 12.5. The van der Waals surface area contributed by atoms with Gasteiger partial charge in [-0.25, -0.2) is 0 Å². The third-order valence-electron chi connectivity index (χ3n) is 5.72. The van der Waals surface area contributed by atoms with Crippen LogP contribution in [0, 0.1) is 17.0 Å². The third kappa shape index (κ3) is 14.7. The fraction of sp³-hybridized carbons (Fsp3) is 0.615. The van der Waals surface area contributed by atoms with Gasteiger partial charge in [-0.2, -0.15) is 0 Å². The van der Waals surface area contributed by atoms with Crippen molar-refractivity contribution in [3.05, 3.63) is 39.4 Å². The number of ketones is 2. The van der Waals surface area contributed by atoms with Gasteiger partial charge < -0.3 is 15.4 Å². The van der Waals surface area contributed by atoms with Gasteiger partial charge in [0.1, 0.15) is 11.6 Å². The molecule has 2 amide bonds. The fourth-order valence-electron chi connectivity index (χ4n) is 3.63. The summed E-state index contributed by atoms with van der Waals surface area (Å²) < 4.78 is 0. The maximum Gasteiger partial charge on any atom is 0.272 e. The molecule has 9 nitrogen and oxygen atoms in total. The van der Waals surface area contributed by atoms with Crippen LogP contribution in [0.4, 0.5) is 5.69 Å². The van der Waals surface area contributed by atoms with Crippen molar-refractivity contribution in [2.24, 2.45) is 0 Å². The Balaban J connectivity index is 1.99. The molecule has 2 N–H and O–H groups in total. The van der Waals surface area contributed by atoms with Gasteiger partial charge in [0.2, 0.25) is 11.8 Å². The van der Waals surface area contributed by atoms with Gasteiger partial charge in [0.25, 0.3) is 5.69 Å². The summed E-state index contributed by atoms with van der Waals surface area (Å²) >= 11 is 0. The van der Waals surface area contributed by atoms with E-state index in [1.54, 1.807) is 19.1 Å². The third-order valence-corrected chi connectivity index (χ3v) is 5.72. The topological polar surface area (TPSA) is 135 Å². The summed E-state index contributed by atoms with van der Waals surface area (Å²) in [6.07, 6.45) is 7.83. The number of rotatable bonds is 19. The number of nitrogens with one attached hydrogen (secondary N) is 2.